The molecule has 1 aliphatic carbocycles. The fourth-order valence-corrected chi connectivity index (χ4v) is 10.6. The van der Waals surface area contributed by atoms with Gasteiger partial charge in [-0.2, -0.15) is 0 Å². The maximum absolute atomic E-state index is 12.6. The Morgan fingerprint density at radius 1 is 0.844 bits per heavy atom. The van der Waals surface area contributed by atoms with Gasteiger partial charge in [-0.25, -0.2) is 9.59 Å². The zero-order valence-corrected chi connectivity index (χ0v) is 21.2. The molecular weight excluding hydrogens is 458 g/mol. The Balaban J connectivity index is 2.28. The average molecular weight is 490 g/mol. The number of carboxylic acid groups (broad SMARTS) is 2. The van der Waals surface area contributed by atoms with Crippen molar-refractivity contribution in [2.24, 2.45) is 0 Å². The van der Waals surface area contributed by atoms with Gasteiger partial charge in [0.15, 0.2) is 0 Å². The van der Waals surface area contributed by atoms with Gasteiger partial charge >= 0.3 is 29.5 Å². The summed E-state index contributed by atoms with van der Waals surface area (Å²) in [6.07, 6.45) is 1.82. The van der Waals surface area contributed by atoms with Gasteiger partial charge in [0.2, 0.25) is 0 Å². The standard InChI is InChI=1S/C19H31NO10Si2/c1-25-31(26-2,27-3)13-9-7-11-15(13)12-8-10-14(32(28-4,29-5)30-6)20(16(11)18(21)22)17(12)19(23)24/h13-14,17H,7-10H2,1-6H3,(H,21,22)(H,23,24). The number of carboxylic acids is 2. The normalized spacial score (nSPS) is 25.9. The van der Waals surface area contributed by atoms with Crippen LogP contribution in [0.2, 0.25) is 5.54 Å². The van der Waals surface area contributed by atoms with E-state index in [4.69, 9.17) is 26.6 Å². The first-order chi connectivity index (χ1) is 15.2. The van der Waals surface area contributed by atoms with Gasteiger partial charge in [-0.15, -0.1) is 0 Å². The number of hydrogen-bond acceptors (Lipinski definition) is 9. The molecule has 3 rings (SSSR count). The number of rotatable bonds is 10. The topological polar surface area (TPSA) is 133 Å². The lowest BCUT2D eigenvalue weighted by Gasteiger charge is -2.50. The predicted molar refractivity (Wildman–Crippen MR) is 115 cm³/mol. The Kier molecular flexibility index (Phi) is 7.31. The minimum atomic E-state index is -3.41. The van der Waals surface area contributed by atoms with Crippen molar-refractivity contribution in [1.29, 1.82) is 0 Å². The molecular formula is C19H31NO10Si2. The fourth-order valence-electron chi connectivity index (χ4n) is 5.62. The number of allylic oxidation sites excluding steroid dienone is 2. The van der Waals surface area contributed by atoms with Crippen LogP contribution in [0.5, 0.6) is 0 Å². The van der Waals surface area contributed by atoms with Gasteiger partial charge < -0.3 is 41.7 Å². The van der Waals surface area contributed by atoms with E-state index in [1.54, 1.807) is 0 Å². The summed E-state index contributed by atoms with van der Waals surface area (Å²) in [7, 11) is 2.18. The van der Waals surface area contributed by atoms with Crippen LogP contribution in [-0.4, -0.2) is 99.0 Å². The summed E-state index contributed by atoms with van der Waals surface area (Å²) in [4.78, 5) is 26.5. The van der Waals surface area contributed by atoms with Crippen LogP contribution in [-0.2, 0) is 36.1 Å². The van der Waals surface area contributed by atoms with Crippen molar-refractivity contribution in [1.82, 2.24) is 4.90 Å². The smallest absolute Gasteiger partial charge is 0.479 e. The second-order valence-corrected chi connectivity index (χ2v) is 14.0. The lowest BCUT2D eigenvalue weighted by atomic mass is 9.83. The van der Waals surface area contributed by atoms with E-state index in [9.17, 15) is 19.8 Å². The quantitative estimate of drug-likeness (QED) is 0.426. The minimum absolute atomic E-state index is 0.0578. The highest BCUT2D eigenvalue weighted by Crippen LogP contribution is 2.56. The van der Waals surface area contributed by atoms with E-state index in [0.29, 0.717) is 42.4 Å². The molecule has 2 fully saturated rings. The third-order valence-corrected chi connectivity index (χ3v) is 13.1. The Morgan fingerprint density at radius 3 is 1.81 bits per heavy atom. The molecule has 32 heavy (non-hydrogen) atoms. The highest BCUT2D eigenvalue weighted by Gasteiger charge is 2.62. The minimum Gasteiger partial charge on any atom is -0.479 e. The molecule has 13 heteroatoms. The summed E-state index contributed by atoms with van der Waals surface area (Å²) in [6.45, 7) is 0. The fraction of sp³-hybridized carbons (Fsp3) is 0.684. The van der Waals surface area contributed by atoms with Crippen LogP contribution < -0.4 is 0 Å². The number of carbonyl (C=O) groups is 2. The molecule has 3 atom stereocenters. The SMILES string of the molecule is CO[Si](OC)(OC)C1CCC2=C(C(=O)O)N3C(C(=O)O)C(=C21)CCC3[Si](OC)(OC)OC. The second-order valence-electron chi connectivity index (χ2n) is 7.80. The molecule has 0 amide bonds. The second kappa shape index (κ2) is 9.34. The number of hydrogen-bond donors (Lipinski definition) is 2. The van der Waals surface area contributed by atoms with E-state index in [2.05, 4.69) is 0 Å². The molecule has 11 nitrogen and oxygen atoms in total. The predicted octanol–water partition coefficient (Wildman–Crippen LogP) is 1.01. The van der Waals surface area contributed by atoms with Crippen molar-refractivity contribution in [3.63, 3.8) is 0 Å². The van der Waals surface area contributed by atoms with Gasteiger partial charge in [-0.1, -0.05) is 0 Å². The van der Waals surface area contributed by atoms with Crippen LogP contribution in [0.1, 0.15) is 25.7 Å². The average Bonchev–Trinajstić information content (AvgIpc) is 3.22. The molecule has 3 aliphatic rings. The first-order valence-corrected chi connectivity index (χ1v) is 13.8. The molecule has 1 saturated heterocycles. The Hall–Kier alpha value is -1.59. The van der Waals surface area contributed by atoms with Crippen molar-refractivity contribution in [2.75, 3.05) is 42.7 Å². The Bertz CT molecular complexity index is 819. The van der Waals surface area contributed by atoms with E-state index >= 15 is 0 Å². The molecule has 180 valence electrons. The largest absolute Gasteiger partial charge is 0.523 e. The van der Waals surface area contributed by atoms with E-state index in [1.807, 2.05) is 0 Å². The lowest BCUT2D eigenvalue weighted by Crippen LogP contribution is -2.67. The van der Waals surface area contributed by atoms with Crippen molar-refractivity contribution in [3.8, 4) is 0 Å². The van der Waals surface area contributed by atoms with Gasteiger partial charge in [0.05, 0.1) is 5.54 Å². The molecule has 0 aromatic carbocycles. The summed E-state index contributed by atoms with van der Waals surface area (Å²) in [6, 6.07) is -1.19. The van der Waals surface area contributed by atoms with Crippen LogP contribution in [0.3, 0.4) is 0 Å². The van der Waals surface area contributed by atoms with Crippen molar-refractivity contribution in [3.05, 3.63) is 22.4 Å². The molecule has 0 aromatic rings. The zero-order chi connectivity index (χ0) is 23.8. The van der Waals surface area contributed by atoms with Crippen molar-refractivity contribution >= 4 is 29.5 Å². The van der Waals surface area contributed by atoms with Gasteiger partial charge in [0.1, 0.15) is 17.4 Å². The van der Waals surface area contributed by atoms with Gasteiger partial charge in [-0.3, -0.25) is 0 Å². The van der Waals surface area contributed by atoms with Crippen LogP contribution in [0, 0.1) is 0 Å². The summed E-state index contributed by atoms with van der Waals surface area (Å²) in [5.41, 5.74) is 0.871. The van der Waals surface area contributed by atoms with Crippen LogP contribution >= 0.6 is 0 Å². The molecule has 3 unspecified atom stereocenters. The summed E-state index contributed by atoms with van der Waals surface area (Å²) >= 11 is 0. The highest BCUT2D eigenvalue weighted by atomic mass is 28.4. The highest BCUT2D eigenvalue weighted by molar-refractivity contribution is 6.63. The van der Waals surface area contributed by atoms with Crippen molar-refractivity contribution < 1.29 is 46.4 Å². The maximum Gasteiger partial charge on any atom is 0.523 e. The number of aliphatic carboxylic acids is 2. The molecule has 0 aromatic heterocycles. The maximum atomic E-state index is 12.6. The molecule has 0 spiro atoms. The molecule has 2 heterocycles. The monoisotopic (exact) mass is 489 g/mol. The first-order valence-electron chi connectivity index (χ1n) is 10.2. The van der Waals surface area contributed by atoms with Gasteiger partial charge in [0, 0.05) is 42.7 Å². The molecule has 0 radical (unpaired) electrons. The number of piperidine rings is 1. The summed E-state index contributed by atoms with van der Waals surface area (Å²) < 4.78 is 34.0. The first kappa shape index (κ1) is 25.0. The third kappa shape index (κ3) is 3.47. The number of fused-ring (bicyclic) bond motifs is 3. The molecule has 2 bridgehead atoms. The third-order valence-electron chi connectivity index (χ3n) is 6.86. The summed E-state index contributed by atoms with van der Waals surface area (Å²) in [5, 5.41) is 20.5. The lowest BCUT2D eigenvalue weighted by molar-refractivity contribution is -0.144. The number of nitrogens with zero attached hydrogens (tertiary/aromatic N) is 1. The van der Waals surface area contributed by atoms with Crippen LogP contribution in [0.15, 0.2) is 22.4 Å². The Morgan fingerprint density at radius 2 is 1.38 bits per heavy atom. The van der Waals surface area contributed by atoms with E-state index in [-0.39, 0.29) is 11.2 Å². The summed E-state index contributed by atoms with van der Waals surface area (Å²) in [5.74, 6) is -2.35. The van der Waals surface area contributed by atoms with E-state index in [0.717, 1.165) is 0 Å². The zero-order valence-electron chi connectivity index (χ0n) is 19.2. The van der Waals surface area contributed by atoms with E-state index in [1.165, 1.54) is 47.6 Å². The molecule has 2 aliphatic heterocycles. The van der Waals surface area contributed by atoms with Gasteiger partial charge in [0.25, 0.3) is 0 Å². The molecule has 1 saturated carbocycles. The molecule has 2 N–H and O–H groups in total. The van der Waals surface area contributed by atoms with E-state index < -0.39 is 41.3 Å². The van der Waals surface area contributed by atoms with Crippen LogP contribution in [0.4, 0.5) is 0 Å². The Labute approximate surface area is 189 Å². The van der Waals surface area contributed by atoms with Gasteiger partial charge in [-0.05, 0) is 42.4 Å². The van der Waals surface area contributed by atoms with Crippen LogP contribution in [0.25, 0.3) is 0 Å². The van der Waals surface area contributed by atoms with Crippen molar-refractivity contribution in [2.45, 2.75) is 42.9 Å².